The van der Waals surface area contributed by atoms with E-state index in [0.29, 0.717) is 50.9 Å². The molecule has 6 rings (SSSR count). The summed E-state index contributed by atoms with van der Waals surface area (Å²) in [5.41, 5.74) is 2.09. The van der Waals surface area contributed by atoms with Crippen LogP contribution in [0.2, 0.25) is 0 Å². The van der Waals surface area contributed by atoms with Crippen LogP contribution in [0, 0.1) is 13.7 Å². The molecule has 0 N–H and O–H groups in total. The fraction of sp³-hybridized carbons (Fsp3) is 0.216. The lowest BCUT2D eigenvalue weighted by Gasteiger charge is -2.25. The number of esters is 1. The Kier molecular flexibility index (Phi) is 9.97. The summed E-state index contributed by atoms with van der Waals surface area (Å²) in [6, 6.07) is 23.1. The zero-order valence-corrected chi connectivity index (χ0v) is 30.1. The molecule has 1 atom stereocenters. The van der Waals surface area contributed by atoms with E-state index in [0.717, 1.165) is 19.9 Å². The van der Waals surface area contributed by atoms with Gasteiger partial charge in [0, 0.05) is 12.1 Å². The molecule has 0 radical (unpaired) electrons. The largest absolute Gasteiger partial charge is 0.490 e. The lowest BCUT2D eigenvalue weighted by atomic mass is 9.95. The normalized spacial score (nSPS) is 14.5. The first-order chi connectivity index (χ1) is 23.5. The molecule has 12 heteroatoms. The number of carbonyl (C=O) groups excluding carboxylic acids is 1. The van der Waals surface area contributed by atoms with Crippen LogP contribution in [0.1, 0.15) is 50.4 Å². The number of ether oxygens (including phenoxy) is 3. The van der Waals surface area contributed by atoms with Crippen LogP contribution < -0.4 is 24.4 Å². The molecule has 0 saturated carbocycles. The Hall–Kier alpha value is -4.82. The molecular weight excluding hydrogens is 757 g/mol. The number of aromatic nitrogens is 1. The lowest BCUT2D eigenvalue weighted by molar-refractivity contribution is -0.384. The van der Waals surface area contributed by atoms with Crippen LogP contribution >= 0.6 is 33.9 Å². The molecule has 1 aromatic heterocycles. The van der Waals surface area contributed by atoms with E-state index in [-0.39, 0.29) is 11.3 Å². The van der Waals surface area contributed by atoms with Gasteiger partial charge in [-0.1, -0.05) is 59.9 Å². The van der Waals surface area contributed by atoms with Crippen molar-refractivity contribution >= 4 is 62.4 Å². The molecule has 4 aromatic carbocycles. The topological polar surface area (TPSA) is 122 Å². The first-order valence-electron chi connectivity index (χ1n) is 15.6. The molecule has 0 spiro atoms. The summed E-state index contributed by atoms with van der Waals surface area (Å²) in [5, 5.41) is 13.9. The molecular formula is C37H32IN3O7S. The molecule has 1 aliphatic rings. The van der Waals surface area contributed by atoms with Gasteiger partial charge in [0.1, 0.15) is 6.61 Å². The van der Waals surface area contributed by atoms with E-state index in [1.807, 2.05) is 37.3 Å². The number of hydrogen-bond donors (Lipinski definition) is 0. The highest BCUT2D eigenvalue weighted by molar-refractivity contribution is 14.1. The van der Waals surface area contributed by atoms with Gasteiger partial charge in [-0.05, 0) is 102 Å². The molecule has 1 aliphatic heterocycles. The van der Waals surface area contributed by atoms with E-state index >= 15 is 0 Å². The van der Waals surface area contributed by atoms with Gasteiger partial charge in [0.2, 0.25) is 0 Å². The number of non-ortho nitro benzene ring substituents is 1. The first-order valence-corrected chi connectivity index (χ1v) is 17.5. The third-order valence-corrected chi connectivity index (χ3v) is 9.59. The average molecular weight is 790 g/mol. The Balaban J connectivity index is 1.40. The van der Waals surface area contributed by atoms with Crippen molar-refractivity contribution in [3.8, 4) is 11.5 Å². The molecule has 5 aromatic rings. The van der Waals surface area contributed by atoms with Gasteiger partial charge in [-0.3, -0.25) is 19.5 Å². The van der Waals surface area contributed by atoms with Crippen LogP contribution in [-0.4, -0.2) is 28.2 Å². The summed E-state index contributed by atoms with van der Waals surface area (Å²) in [4.78, 5) is 43.7. The van der Waals surface area contributed by atoms with Crippen LogP contribution in [0.25, 0.3) is 16.8 Å². The molecule has 0 amide bonds. The highest BCUT2D eigenvalue weighted by Gasteiger charge is 2.34. The van der Waals surface area contributed by atoms with Gasteiger partial charge >= 0.3 is 5.97 Å². The molecule has 49 heavy (non-hydrogen) atoms. The molecule has 2 heterocycles. The number of nitro groups is 1. The van der Waals surface area contributed by atoms with E-state index < -0.39 is 28.6 Å². The van der Waals surface area contributed by atoms with Gasteiger partial charge in [0.25, 0.3) is 11.2 Å². The number of halogens is 1. The number of rotatable bonds is 10. The molecule has 0 unspecified atom stereocenters. The average Bonchev–Trinajstić information content (AvgIpc) is 3.36. The fourth-order valence-corrected chi connectivity index (χ4v) is 7.52. The minimum absolute atomic E-state index is 0.147. The number of fused-ring (bicyclic) bond motifs is 2. The van der Waals surface area contributed by atoms with Crippen molar-refractivity contribution in [3.05, 3.63) is 140 Å². The van der Waals surface area contributed by atoms with Crippen molar-refractivity contribution in [1.29, 1.82) is 0 Å². The number of hydrogen-bond acceptors (Lipinski definition) is 9. The highest BCUT2D eigenvalue weighted by atomic mass is 127. The van der Waals surface area contributed by atoms with Crippen LogP contribution in [0.3, 0.4) is 0 Å². The standard InChI is InChI=1S/C37H32IN3O7S/c1-5-46-30-17-24(16-29(38)34(30)47-20-23-13-14-25-9-6-7-10-26(25)15-23)18-31-35(42)40-33(27-11-8-12-28(19-27)41(44)45)32(36(43)48-21(2)3)22(4)39-37(40)49-31/h6-19,21,33H,5,20H2,1-4H3/b31-18+/t33-/m0/s1. The minimum atomic E-state index is -0.977. The predicted molar refractivity (Wildman–Crippen MR) is 197 cm³/mol. The van der Waals surface area contributed by atoms with Crippen LogP contribution in [0.15, 0.2) is 99.9 Å². The number of allylic oxidation sites excluding steroid dienone is 1. The summed E-state index contributed by atoms with van der Waals surface area (Å²) in [5.74, 6) is 0.499. The van der Waals surface area contributed by atoms with Gasteiger partial charge < -0.3 is 14.2 Å². The summed E-state index contributed by atoms with van der Waals surface area (Å²) < 4.78 is 20.4. The van der Waals surface area contributed by atoms with Crippen molar-refractivity contribution in [2.75, 3.05) is 6.61 Å². The van der Waals surface area contributed by atoms with E-state index in [9.17, 15) is 19.7 Å². The summed E-state index contributed by atoms with van der Waals surface area (Å²) in [7, 11) is 0. The van der Waals surface area contributed by atoms with Crippen LogP contribution in [-0.2, 0) is 16.1 Å². The van der Waals surface area contributed by atoms with Crippen molar-refractivity contribution in [2.45, 2.75) is 46.4 Å². The van der Waals surface area contributed by atoms with E-state index in [4.69, 9.17) is 14.2 Å². The molecule has 0 fully saturated rings. The maximum Gasteiger partial charge on any atom is 0.338 e. The summed E-state index contributed by atoms with van der Waals surface area (Å²) >= 11 is 3.37. The number of nitrogens with zero attached hydrogens (tertiary/aromatic N) is 3. The SMILES string of the molecule is CCOc1cc(/C=c2/sc3n(c2=O)[C@@H](c2cccc([N+](=O)[O-])c2)C(C(=O)OC(C)C)=C(C)N=3)cc(I)c1OCc1ccc2ccccc2c1. The monoisotopic (exact) mass is 789 g/mol. The van der Waals surface area contributed by atoms with E-state index in [1.54, 1.807) is 32.9 Å². The molecule has 10 nitrogen and oxygen atoms in total. The van der Waals surface area contributed by atoms with Crippen molar-refractivity contribution < 1.29 is 23.9 Å². The van der Waals surface area contributed by atoms with Crippen molar-refractivity contribution in [3.63, 3.8) is 0 Å². The third-order valence-electron chi connectivity index (χ3n) is 7.81. The minimum Gasteiger partial charge on any atom is -0.490 e. The van der Waals surface area contributed by atoms with E-state index in [2.05, 4.69) is 51.8 Å². The Labute approximate surface area is 299 Å². The van der Waals surface area contributed by atoms with Gasteiger partial charge in [-0.15, -0.1) is 0 Å². The molecule has 0 aliphatic carbocycles. The van der Waals surface area contributed by atoms with Crippen LogP contribution in [0.5, 0.6) is 11.5 Å². The fourth-order valence-electron chi connectivity index (χ4n) is 5.69. The zero-order valence-electron chi connectivity index (χ0n) is 27.1. The second-order valence-electron chi connectivity index (χ2n) is 11.6. The Morgan fingerprint density at radius 3 is 2.57 bits per heavy atom. The first kappa shape index (κ1) is 34.1. The van der Waals surface area contributed by atoms with Gasteiger partial charge in [-0.2, -0.15) is 0 Å². The van der Waals surface area contributed by atoms with Crippen molar-refractivity contribution in [2.24, 2.45) is 4.99 Å². The van der Waals surface area contributed by atoms with Gasteiger partial charge in [0.05, 0.1) is 43.0 Å². The Morgan fingerprint density at radius 1 is 1.06 bits per heavy atom. The quantitative estimate of drug-likeness (QED) is 0.0658. The summed E-state index contributed by atoms with van der Waals surface area (Å²) in [6.45, 7) is 7.77. The maximum atomic E-state index is 14.1. The smallest absolute Gasteiger partial charge is 0.338 e. The maximum absolute atomic E-state index is 14.1. The third kappa shape index (κ3) is 7.15. The second kappa shape index (κ2) is 14.3. The Bertz CT molecular complexity index is 2330. The molecule has 250 valence electrons. The van der Waals surface area contributed by atoms with Gasteiger partial charge in [0.15, 0.2) is 16.3 Å². The number of benzene rings is 4. The van der Waals surface area contributed by atoms with Gasteiger partial charge in [-0.25, -0.2) is 9.79 Å². The molecule has 0 bridgehead atoms. The lowest BCUT2D eigenvalue weighted by Crippen LogP contribution is -2.40. The van der Waals surface area contributed by atoms with E-state index in [1.165, 1.54) is 34.1 Å². The molecule has 0 saturated heterocycles. The number of nitro benzene ring substituents is 1. The van der Waals surface area contributed by atoms with Crippen molar-refractivity contribution in [1.82, 2.24) is 4.57 Å². The van der Waals surface area contributed by atoms with Crippen LogP contribution in [0.4, 0.5) is 5.69 Å². The zero-order chi connectivity index (χ0) is 34.8. The number of carbonyl (C=O) groups is 1. The highest BCUT2D eigenvalue weighted by Crippen LogP contribution is 2.36. The summed E-state index contributed by atoms with van der Waals surface area (Å²) in [6.07, 6.45) is 1.32. The Morgan fingerprint density at radius 2 is 1.84 bits per heavy atom. The second-order valence-corrected chi connectivity index (χ2v) is 13.8. The predicted octanol–water partition coefficient (Wildman–Crippen LogP) is 6.83. The number of thiazole rings is 1.